The second-order valence-electron chi connectivity index (χ2n) is 8.96. The minimum Gasteiger partial charge on any atom is -0.357 e. The Morgan fingerprint density at radius 1 is 1.18 bits per heavy atom. The molecule has 2 saturated heterocycles. The predicted octanol–water partition coefficient (Wildman–Crippen LogP) is 5.07. The number of aromatic nitrogens is 1. The molecule has 0 bridgehead atoms. The van der Waals surface area contributed by atoms with Crippen LogP contribution in [0.3, 0.4) is 0 Å². The molecule has 2 aliphatic rings. The van der Waals surface area contributed by atoms with E-state index in [1.54, 1.807) is 9.47 Å². The highest BCUT2D eigenvalue weighted by molar-refractivity contribution is 8.26. The van der Waals surface area contributed by atoms with Gasteiger partial charge in [0.25, 0.3) is 11.5 Å². The third-order valence-corrected chi connectivity index (χ3v) is 8.01. The molecule has 6 nitrogen and oxygen atoms in total. The molecular formula is C25H34N4O2S2. The number of carbonyl (C=O) groups excluding carboxylic acids is 1. The van der Waals surface area contributed by atoms with Gasteiger partial charge in [0.1, 0.15) is 21.8 Å². The van der Waals surface area contributed by atoms with Crippen LogP contribution >= 0.6 is 24.0 Å². The molecule has 33 heavy (non-hydrogen) atoms. The monoisotopic (exact) mass is 486 g/mol. The Kier molecular flexibility index (Phi) is 8.77. The van der Waals surface area contributed by atoms with Gasteiger partial charge in [0, 0.05) is 31.7 Å². The number of piperidine rings is 1. The molecule has 0 aliphatic carbocycles. The van der Waals surface area contributed by atoms with Crippen molar-refractivity contribution in [3.63, 3.8) is 0 Å². The lowest BCUT2D eigenvalue weighted by Crippen LogP contribution is -2.39. The number of anilines is 1. The van der Waals surface area contributed by atoms with Crippen LogP contribution in [-0.4, -0.2) is 39.3 Å². The van der Waals surface area contributed by atoms with E-state index in [1.165, 1.54) is 11.8 Å². The first kappa shape index (κ1) is 25.5. The number of unbranched alkanes of at least 4 members (excludes halogenated alkanes) is 3. The fourth-order valence-corrected chi connectivity index (χ4v) is 5.81. The van der Waals surface area contributed by atoms with Crippen LogP contribution in [0.15, 0.2) is 9.70 Å². The van der Waals surface area contributed by atoms with Crippen LogP contribution in [0.25, 0.3) is 6.08 Å². The molecule has 3 rings (SSSR count). The lowest BCUT2D eigenvalue weighted by atomic mass is 9.97. The topological polar surface area (TPSA) is 69.3 Å². The van der Waals surface area contributed by atoms with Crippen molar-refractivity contribution in [3.05, 3.63) is 31.9 Å². The SMILES string of the molecule is CCCCCCN1C(=O)/C(=C/c2c(C)c(C#N)c(=O)n(CC)c2N2CCC(C)CC2)SC1=S. The van der Waals surface area contributed by atoms with Gasteiger partial charge in [-0.25, -0.2) is 0 Å². The van der Waals surface area contributed by atoms with Crippen molar-refractivity contribution in [2.24, 2.45) is 5.92 Å². The average Bonchev–Trinajstić information content (AvgIpc) is 3.06. The summed E-state index contributed by atoms with van der Waals surface area (Å²) in [5.74, 6) is 1.39. The maximum Gasteiger partial charge on any atom is 0.270 e. The van der Waals surface area contributed by atoms with E-state index >= 15 is 0 Å². The molecule has 8 heteroatoms. The summed E-state index contributed by atoms with van der Waals surface area (Å²) in [6.07, 6.45) is 8.27. The molecule has 1 aromatic heterocycles. The van der Waals surface area contributed by atoms with Crippen molar-refractivity contribution in [1.82, 2.24) is 9.47 Å². The Labute approximate surface area is 206 Å². The van der Waals surface area contributed by atoms with Gasteiger partial charge in [0.15, 0.2) is 0 Å². The number of thiocarbonyl (C=S) groups is 1. The standard InChI is InChI=1S/C25H34N4O2S2/c1-5-7-8-9-12-29-24(31)21(33-25(29)32)15-19-18(4)20(16-26)23(30)28(6-2)22(19)27-13-10-17(3)11-14-27/h15,17H,5-14H2,1-4H3/b21-15-. The maximum absolute atomic E-state index is 13.2. The van der Waals surface area contributed by atoms with Crippen molar-refractivity contribution in [2.45, 2.75) is 72.8 Å². The highest BCUT2D eigenvalue weighted by Crippen LogP contribution is 2.36. The molecule has 1 aromatic rings. The Morgan fingerprint density at radius 3 is 2.48 bits per heavy atom. The Balaban J connectivity index is 2.05. The van der Waals surface area contributed by atoms with Crippen LogP contribution in [0.5, 0.6) is 0 Å². The Bertz CT molecular complexity index is 1050. The van der Waals surface area contributed by atoms with Crippen molar-refractivity contribution in [3.8, 4) is 6.07 Å². The van der Waals surface area contributed by atoms with Gasteiger partial charge in [-0.05, 0) is 50.7 Å². The van der Waals surface area contributed by atoms with E-state index in [9.17, 15) is 14.9 Å². The van der Waals surface area contributed by atoms with Crippen molar-refractivity contribution < 1.29 is 4.79 Å². The minimum atomic E-state index is -0.258. The first-order valence-corrected chi connectivity index (χ1v) is 13.2. The summed E-state index contributed by atoms with van der Waals surface area (Å²) in [5.41, 5.74) is 1.31. The minimum absolute atomic E-state index is 0.0770. The maximum atomic E-state index is 13.2. The fourth-order valence-electron chi connectivity index (χ4n) is 4.52. The van der Waals surface area contributed by atoms with Crippen LogP contribution < -0.4 is 10.5 Å². The molecule has 2 aliphatic heterocycles. The third-order valence-electron chi connectivity index (χ3n) is 6.63. The van der Waals surface area contributed by atoms with Gasteiger partial charge < -0.3 is 4.90 Å². The predicted molar refractivity (Wildman–Crippen MR) is 140 cm³/mol. The van der Waals surface area contributed by atoms with Gasteiger partial charge in [-0.1, -0.05) is 57.1 Å². The second kappa shape index (κ2) is 11.3. The zero-order valence-electron chi connectivity index (χ0n) is 20.1. The van der Waals surface area contributed by atoms with Gasteiger partial charge >= 0.3 is 0 Å². The van der Waals surface area contributed by atoms with Crippen LogP contribution in [-0.2, 0) is 11.3 Å². The summed E-state index contributed by atoms with van der Waals surface area (Å²) in [7, 11) is 0. The highest BCUT2D eigenvalue weighted by Gasteiger charge is 2.33. The van der Waals surface area contributed by atoms with E-state index in [4.69, 9.17) is 12.2 Å². The smallest absolute Gasteiger partial charge is 0.270 e. The Hall–Kier alpha value is -2.11. The van der Waals surface area contributed by atoms with Crippen molar-refractivity contribution >= 4 is 46.1 Å². The molecule has 0 aromatic carbocycles. The van der Waals surface area contributed by atoms with E-state index in [2.05, 4.69) is 24.8 Å². The van der Waals surface area contributed by atoms with E-state index in [0.717, 1.165) is 63.0 Å². The number of pyridine rings is 1. The highest BCUT2D eigenvalue weighted by atomic mass is 32.2. The molecule has 0 unspecified atom stereocenters. The number of thioether (sulfide) groups is 1. The zero-order chi connectivity index (χ0) is 24.1. The molecule has 2 fully saturated rings. The van der Waals surface area contributed by atoms with E-state index in [-0.39, 0.29) is 17.0 Å². The van der Waals surface area contributed by atoms with Crippen molar-refractivity contribution in [1.29, 1.82) is 5.26 Å². The van der Waals surface area contributed by atoms with E-state index < -0.39 is 0 Å². The number of hydrogen-bond acceptors (Lipinski definition) is 6. The summed E-state index contributed by atoms with van der Waals surface area (Å²) in [6, 6.07) is 2.10. The van der Waals surface area contributed by atoms with Crippen molar-refractivity contribution in [2.75, 3.05) is 24.5 Å². The molecule has 0 spiro atoms. The molecule has 3 heterocycles. The number of carbonyl (C=O) groups is 1. The van der Waals surface area contributed by atoms with Crippen LogP contribution in [0, 0.1) is 24.2 Å². The largest absolute Gasteiger partial charge is 0.357 e. The Morgan fingerprint density at radius 2 is 1.88 bits per heavy atom. The summed E-state index contributed by atoms with van der Waals surface area (Å²) < 4.78 is 2.27. The lowest BCUT2D eigenvalue weighted by molar-refractivity contribution is -0.122. The molecule has 178 valence electrons. The van der Waals surface area contributed by atoms with Gasteiger partial charge in [0.05, 0.1) is 4.91 Å². The van der Waals surface area contributed by atoms with Gasteiger partial charge in [-0.3, -0.25) is 19.1 Å². The fraction of sp³-hybridized carbons (Fsp3) is 0.600. The van der Waals surface area contributed by atoms with Crippen LogP contribution in [0.1, 0.15) is 76.0 Å². The van der Waals surface area contributed by atoms with E-state index in [1.807, 2.05) is 19.9 Å². The average molecular weight is 487 g/mol. The molecular weight excluding hydrogens is 452 g/mol. The lowest BCUT2D eigenvalue weighted by Gasteiger charge is -2.35. The molecule has 1 amide bonds. The third kappa shape index (κ3) is 5.36. The van der Waals surface area contributed by atoms with Crippen LogP contribution in [0.4, 0.5) is 5.82 Å². The summed E-state index contributed by atoms with van der Waals surface area (Å²) in [6.45, 7) is 11.0. The summed E-state index contributed by atoms with van der Waals surface area (Å²) in [5, 5.41) is 9.72. The molecule has 0 radical (unpaired) electrons. The molecule has 0 N–H and O–H groups in total. The quantitative estimate of drug-likeness (QED) is 0.290. The normalized spacial score (nSPS) is 18.5. The second-order valence-corrected chi connectivity index (χ2v) is 10.6. The number of hydrogen-bond donors (Lipinski definition) is 0. The molecule has 0 saturated carbocycles. The van der Waals surface area contributed by atoms with Gasteiger partial charge in [-0.2, -0.15) is 5.26 Å². The first-order chi connectivity index (χ1) is 15.8. The van der Waals surface area contributed by atoms with Crippen LogP contribution in [0.2, 0.25) is 0 Å². The van der Waals surface area contributed by atoms with Gasteiger partial charge in [0.2, 0.25) is 0 Å². The van der Waals surface area contributed by atoms with E-state index in [0.29, 0.717) is 33.8 Å². The zero-order valence-corrected chi connectivity index (χ0v) is 21.8. The molecule has 0 atom stereocenters. The summed E-state index contributed by atoms with van der Waals surface area (Å²) in [4.78, 5) is 30.8. The summed E-state index contributed by atoms with van der Waals surface area (Å²) >= 11 is 6.84. The van der Waals surface area contributed by atoms with Gasteiger partial charge in [-0.15, -0.1) is 0 Å². The number of rotatable bonds is 8. The number of nitriles is 1. The number of amides is 1. The first-order valence-electron chi connectivity index (χ1n) is 12.0. The number of nitrogens with zero attached hydrogens (tertiary/aromatic N) is 4.